The lowest BCUT2D eigenvalue weighted by molar-refractivity contribution is 0.158. The molecule has 2 heteroatoms. The highest BCUT2D eigenvalue weighted by Gasteiger charge is 2.00. The summed E-state index contributed by atoms with van der Waals surface area (Å²) in [5.41, 5.74) is 0. The molecule has 0 spiro atoms. The fourth-order valence-electron chi connectivity index (χ4n) is 0.900. The molecule has 62 valence electrons. The SMILES string of the molecule is CCCCCC(O)CCBr. The first kappa shape index (κ1) is 10.4. The molecular formula is C8H17BrO. The Balaban J connectivity index is 2.97. The first-order chi connectivity index (χ1) is 4.81. The molecule has 0 aromatic rings. The molecule has 1 atom stereocenters. The Kier molecular flexibility index (Phi) is 7.88. The van der Waals surface area contributed by atoms with Gasteiger partial charge in [-0.25, -0.2) is 0 Å². The lowest BCUT2D eigenvalue weighted by Gasteiger charge is -2.06. The highest BCUT2D eigenvalue weighted by molar-refractivity contribution is 9.09. The van der Waals surface area contributed by atoms with Gasteiger partial charge in [0.15, 0.2) is 0 Å². The minimum absolute atomic E-state index is 0.0778. The van der Waals surface area contributed by atoms with Crippen LogP contribution in [0.5, 0.6) is 0 Å². The molecule has 0 rings (SSSR count). The van der Waals surface area contributed by atoms with Crippen molar-refractivity contribution in [2.75, 3.05) is 5.33 Å². The number of unbranched alkanes of at least 4 members (excludes halogenated alkanes) is 2. The van der Waals surface area contributed by atoms with Crippen molar-refractivity contribution in [3.63, 3.8) is 0 Å². The van der Waals surface area contributed by atoms with Gasteiger partial charge in [0.1, 0.15) is 0 Å². The summed E-state index contributed by atoms with van der Waals surface area (Å²) >= 11 is 3.30. The van der Waals surface area contributed by atoms with Gasteiger partial charge in [-0.2, -0.15) is 0 Å². The standard InChI is InChI=1S/C8H17BrO/c1-2-3-4-5-8(10)6-7-9/h8,10H,2-7H2,1H3. The van der Waals surface area contributed by atoms with Crippen LogP contribution in [-0.4, -0.2) is 16.5 Å². The van der Waals surface area contributed by atoms with E-state index in [4.69, 9.17) is 0 Å². The van der Waals surface area contributed by atoms with Gasteiger partial charge in [0.25, 0.3) is 0 Å². The van der Waals surface area contributed by atoms with Gasteiger partial charge in [-0.05, 0) is 12.8 Å². The van der Waals surface area contributed by atoms with Crippen molar-refractivity contribution in [3.8, 4) is 0 Å². The molecule has 0 aliphatic heterocycles. The quantitative estimate of drug-likeness (QED) is 0.526. The minimum Gasteiger partial charge on any atom is -0.393 e. The van der Waals surface area contributed by atoms with Crippen molar-refractivity contribution in [1.82, 2.24) is 0 Å². The maximum absolute atomic E-state index is 9.25. The van der Waals surface area contributed by atoms with Crippen molar-refractivity contribution in [3.05, 3.63) is 0 Å². The zero-order chi connectivity index (χ0) is 7.82. The number of halogens is 1. The van der Waals surface area contributed by atoms with E-state index in [2.05, 4.69) is 22.9 Å². The maximum Gasteiger partial charge on any atom is 0.0548 e. The first-order valence-electron chi connectivity index (χ1n) is 4.05. The number of alkyl halides is 1. The van der Waals surface area contributed by atoms with E-state index in [0.29, 0.717) is 0 Å². The second-order valence-electron chi connectivity index (χ2n) is 2.63. The Morgan fingerprint density at radius 1 is 1.30 bits per heavy atom. The van der Waals surface area contributed by atoms with Crippen molar-refractivity contribution in [2.24, 2.45) is 0 Å². The molecular weight excluding hydrogens is 192 g/mol. The molecule has 1 unspecified atom stereocenters. The molecule has 10 heavy (non-hydrogen) atoms. The van der Waals surface area contributed by atoms with Crippen LogP contribution in [-0.2, 0) is 0 Å². The third kappa shape index (κ3) is 6.56. The molecule has 0 aromatic heterocycles. The summed E-state index contributed by atoms with van der Waals surface area (Å²) in [7, 11) is 0. The summed E-state index contributed by atoms with van der Waals surface area (Å²) in [6, 6.07) is 0. The first-order valence-corrected chi connectivity index (χ1v) is 5.17. The predicted molar refractivity (Wildman–Crippen MR) is 48.6 cm³/mol. The number of rotatable bonds is 6. The van der Waals surface area contributed by atoms with Crippen LogP contribution in [0.25, 0.3) is 0 Å². The predicted octanol–water partition coefficient (Wildman–Crippen LogP) is 2.71. The molecule has 0 saturated heterocycles. The molecule has 0 aliphatic rings. The van der Waals surface area contributed by atoms with Crippen LogP contribution in [0.4, 0.5) is 0 Å². The molecule has 0 aromatic carbocycles. The zero-order valence-electron chi connectivity index (χ0n) is 6.65. The van der Waals surface area contributed by atoms with Crippen LogP contribution < -0.4 is 0 Å². The summed E-state index contributed by atoms with van der Waals surface area (Å²) < 4.78 is 0. The fraction of sp³-hybridized carbons (Fsp3) is 1.00. The summed E-state index contributed by atoms with van der Waals surface area (Å²) in [6.45, 7) is 2.18. The van der Waals surface area contributed by atoms with Crippen molar-refractivity contribution >= 4 is 15.9 Å². The van der Waals surface area contributed by atoms with Crippen LogP contribution in [0.3, 0.4) is 0 Å². The maximum atomic E-state index is 9.25. The molecule has 0 fully saturated rings. The van der Waals surface area contributed by atoms with Crippen LogP contribution in [0.1, 0.15) is 39.0 Å². The van der Waals surface area contributed by atoms with E-state index in [0.717, 1.165) is 18.2 Å². The largest absolute Gasteiger partial charge is 0.393 e. The Hall–Kier alpha value is 0.440. The summed E-state index contributed by atoms with van der Waals surface area (Å²) in [5.74, 6) is 0. The molecule has 1 N–H and O–H groups in total. The van der Waals surface area contributed by atoms with E-state index in [-0.39, 0.29) is 6.10 Å². The Labute approximate surface area is 72.0 Å². The van der Waals surface area contributed by atoms with Gasteiger partial charge >= 0.3 is 0 Å². The third-order valence-corrected chi connectivity index (χ3v) is 2.04. The third-order valence-electron chi connectivity index (χ3n) is 1.58. The zero-order valence-corrected chi connectivity index (χ0v) is 8.23. The van der Waals surface area contributed by atoms with Crippen molar-refractivity contribution in [2.45, 2.75) is 45.1 Å². The molecule has 0 amide bonds. The molecule has 0 bridgehead atoms. The Morgan fingerprint density at radius 2 is 2.00 bits per heavy atom. The summed E-state index contributed by atoms with van der Waals surface area (Å²) in [6.07, 6.45) is 5.44. The van der Waals surface area contributed by atoms with Gasteiger partial charge in [0.2, 0.25) is 0 Å². The second-order valence-corrected chi connectivity index (χ2v) is 3.42. The average Bonchev–Trinajstić information content (AvgIpc) is 1.89. The van der Waals surface area contributed by atoms with Crippen LogP contribution in [0.15, 0.2) is 0 Å². The van der Waals surface area contributed by atoms with Crippen LogP contribution in [0, 0.1) is 0 Å². The number of aliphatic hydroxyl groups excluding tert-OH is 1. The average molecular weight is 209 g/mol. The lowest BCUT2D eigenvalue weighted by atomic mass is 10.1. The molecule has 1 nitrogen and oxygen atoms in total. The highest BCUT2D eigenvalue weighted by atomic mass is 79.9. The van der Waals surface area contributed by atoms with Crippen molar-refractivity contribution < 1.29 is 5.11 Å². The van der Waals surface area contributed by atoms with E-state index in [1.165, 1.54) is 19.3 Å². The Morgan fingerprint density at radius 3 is 2.50 bits per heavy atom. The van der Waals surface area contributed by atoms with Gasteiger partial charge < -0.3 is 5.11 Å². The van der Waals surface area contributed by atoms with Crippen LogP contribution >= 0.6 is 15.9 Å². The smallest absolute Gasteiger partial charge is 0.0548 e. The highest BCUT2D eigenvalue weighted by Crippen LogP contribution is 2.06. The van der Waals surface area contributed by atoms with Gasteiger partial charge in [-0.3, -0.25) is 0 Å². The number of hydrogen-bond acceptors (Lipinski definition) is 1. The summed E-state index contributed by atoms with van der Waals surface area (Å²) in [5, 5.41) is 10.2. The lowest BCUT2D eigenvalue weighted by Crippen LogP contribution is -2.06. The van der Waals surface area contributed by atoms with Gasteiger partial charge in [-0.15, -0.1) is 0 Å². The minimum atomic E-state index is -0.0778. The summed E-state index contributed by atoms with van der Waals surface area (Å²) in [4.78, 5) is 0. The van der Waals surface area contributed by atoms with Gasteiger partial charge in [-0.1, -0.05) is 42.1 Å². The number of hydrogen-bond donors (Lipinski definition) is 1. The molecule has 0 aliphatic carbocycles. The molecule has 0 saturated carbocycles. The van der Waals surface area contributed by atoms with E-state index in [1.54, 1.807) is 0 Å². The Bertz CT molecular complexity index is 66.3. The van der Waals surface area contributed by atoms with E-state index < -0.39 is 0 Å². The van der Waals surface area contributed by atoms with Crippen LogP contribution in [0.2, 0.25) is 0 Å². The normalized spacial score (nSPS) is 13.5. The van der Waals surface area contributed by atoms with E-state index >= 15 is 0 Å². The van der Waals surface area contributed by atoms with E-state index in [1.807, 2.05) is 0 Å². The van der Waals surface area contributed by atoms with Gasteiger partial charge in [0, 0.05) is 5.33 Å². The molecule has 0 heterocycles. The topological polar surface area (TPSA) is 20.2 Å². The van der Waals surface area contributed by atoms with E-state index in [9.17, 15) is 5.11 Å². The van der Waals surface area contributed by atoms with Crippen molar-refractivity contribution in [1.29, 1.82) is 0 Å². The van der Waals surface area contributed by atoms with Gasteiger partial charge in [0.05, 0.1) is 6.10 Å². The second kappa shape index (κ2) is 7.55. The molecule has 0 radical (unpaired) electrons. The fourth-order valence-corrected chi connectivity index (χ4v) is 1.43. The monoisotopic (exact) mass is 208 g/mol. The number of aliphatic hydroxyl groups is 1.